The van der Waals surface area contributed by atoms with Crippen LogP contribution in [0.25, 0.3) is 22.3 Å². The molecule has 3 aromatic rings. The second-order valence-electron chi connectivity index (χ2n) is 18.2. The lowest BCUT2D eigenvalue weighted by atomic mass is 9.85. The van der Waals surface area contributed by atoms with Gasteiger partial charge in [0.2, 0.25) is 11.8 Å². The Bertz CT molecular complexity index is 2090. The molecule has 2 aliphatic heterocycles. The Morgan fingerprint density at radius 1 is 1.07 bits per heavy atom. The summed E-state index contributed by atoms with van der Waals surface area (Å²) in [5, 5.41) is 9.35. The van der Waals surface area contributed by atoms with Crippen LogP contribution in [0.4, 0.5) is 18.7 Å². The van der Waals surface area contributed by atoms with E-state index in [1.807, 2.05) is 40.0 Å². The minimum absolute atomic E-state index is 0.00123. The molecule has 0 bridgehead atoms. The van der Waals surface area contributed by atoms with E-state index in [0.29, 0.717) is 44.0 Å². The van der Waals surface area contributed by atoms with Crippen LogP contribution in [0.3, 0.4) is 0 Å². The van der Waals surface area contributed by atoms with Crippen molar-refractivity contribution in [2.75, 3.05) is 32.1 Å². The van der Waals surface area contributed by atoms with Gasteiger partial charge >= 0.3 is 6.09 Å². The highest BCUT2D eigenvalue weighted by Crippen LogP contribution is 2.93. The maximum Gasteiger partial charge on any atom is 0.408 e. The van der Waals surface area contributed by atoms with Crippen LogP contribution in [0.5, 0.6) is 11.5 Å². The predicted molar refractivity (Wildman–Crippen MR) is 212 cm³/mol. The summed E-state index contributed by atoms with van der Waals surface area (Å²) in [5.41, 5.74) is 7.26. The highest BCUT2D eigenvalue weighted by Gasteiger charge is 2.86. The number of aromatic nitrogens is 2. The van der Waals surface area contributed by atoms with E-state index in [-0.39, 0.29) is 55.5 Å². The molecule has 308 valence electrons. The first-order valence-corrected chi connectivity index (χ1v) is 20.8. The molecule has 2 saturated heterocycles. The number of amides is 3. The van der Waals surface area contributed by atoms with E-state index < -0.39 is 53.5 Å². The lowest BCUT2D eigenvalue weighted by Crippen LogP contribution is -2.57. The normalized spacial score (nSPS) is 29.2. The lowest BCUT2D eigenvalue weighted by molar-refractivity contribution is -0.141. The number of alkyl carbamates (subject to hydrolysis) is 1. The summed E-state index contributed by atoms with van der Waals surface area (Å²) < 4.78 is 46.6. The number of primary amides is 1. The van der Waals surface area contributed by atoms with Crippen molar-refractivity contribution >= 4 is 56.9 Å². The number of carbonyl (C=O) groups is 3. The number of fused-ring (bicyclic) bond motifs is 1. The van der Waals surface area contributed by atoms with Crippen molar-refractivity contribution in [1.29, 1.82) is 0 Å². The summed E-state index contributed by atoms with van der Waals surface area (Å²) in [6, 6.07) is 2.75. The maximum atomic E-state index is 14.3. The van der Waals surface area contributed by atoms with Crippen LogP contribution in [0.2, 0.25) is 5.02 Å². The van der Waals surface area contributed by atoms with Gasteiger partial charge in [0, 0.05) is 41.8 Å². The number of likely N-dealkylation sites (tertiary alicyclic amines) is 2. The largest absolute Gasteiger partial charge is 0.490 e. The fourth-order valence-corrected chi connectivity index (χ4v) is 10.4. The number of nitrogens with one attached hydrogen (secondary N) is 2. The smallest absolute Gasteiger partial charge is 0.408 e. The van der Waals surface area contributed by atoms with Crippen LogP contribution in [0.1, 0.15) is 73.1 Å². The van der Waals surface area contributed by atoms with Crippen molar-refractivity contribution in [2.45, 2.75) is 115 Å². The minimum atomic E-state index is -2.80. The molecule has 0 radical (unpaired) electrons. The highest BCUT2D eigenvalue weighted by atomic mass is 35.5. The average molecular weight is 830 g/mol. The van der Waals surface area contributed by atoms with E-state index in [1.165, 1.54) is 29.1 Å². The van der Waals surface area contributed by atoms with Gasteiger partial charge < -0.3 is 35.5 Å². The summed E-state index contributed by atoms with van der Waals surface area (Å²) in [7, 11) is 1.64. The molecule has 0 spiro atoms. The molecule has 4 atom stereocenters. The van der Waals surface area contributed by atoms with Crippen molar-refractivity contribution in [2.24, 2.45) is 22.0 Å². The molecule has 3 saturated carbocycles. The molecular formula is C40H50ClF2N7O6S. The van der Waals surface area contributed by atoms with Crippen molar-refractivity contribution in [1.82, 2.24) is 25.1 Å². The van der Waals surface area contributed by atoms with Gasteiger partial charge in [-0.25, -0.2) is 23.5 Å². The van der Waals surface area contributed by atoms with E-state index in [0.717, 1.165) is 12.8 Å². The summed E-state index contributed by atoms with van der Waals surface area (Å²) >= 11 is 8.38. The third-order valence-corrected chi connectivity index (χ3v) is 13.5. The van der Waals surface area contributed by atoms with Gasteiger partial charge in [0.25, 0.3) is 5.92 Å². The standard InChI is InChI=1S/C40H50ClF2N7O6S/c1-20(2)45-35-47-26(16-57-35)25-10-29(24-7-8-28(30(41)31(24)46-25)54-15-21-11-40(42,43)19-49(21)6)55-22-9-27(33(44)51)50(14-22)34(52)32(37(3,4)5)48-36(53)56-23-12-38-17-39(38,13-23)18-38/h7-8,10,16,20-23,27,32H,9,11-15,17-19H2,1-6H3,(H2,44,51)(H,45,47)(H,48,53)/t21-,22?,23?,27-,32+,38?,39?/m0/s1. The number of nitrogens with two attached hydrogens (primary N) is 1. The van der Waals surface area contributed by atoms with Gasteiger partial charge in [0.05, 0.1) is 24.3 Å². The first-order valence-electron chi connectivity index (χ1n) is 19.6. The molecule has 2 aromatic heterocycles. The van der Waals surface area contributed by atoms with Gasteiger partial charge in [0.15, 0.2) is 5.13 Å². The van der Waals surface area contributed by atoms with Crippen LogP contribution in [0.15, 0.2) is 23.6 Å². The van der Waals surface area contributed by atoms with Crippen LogP contribution >= 0.6 is 22.9 Å². The third-order valence-electron chi connectivity index (χ3n) is 12.4. The SMILES string of the molecule is CC(C)Nc1nc(-c2cc(OC3C[C@@H](C(N)=O)N(C(=O)[C@@H](NC(=O)OC4CC56CC5(C4)C6)C(C)(C)C)C3)c3ccc(OC[C@@H]4CC(F)(F)CN4C)c(Cl)c3n2)cs1. The van der Waals surface area contributed by atoms with E-state index in [4.69, 9.17) is 41.5 Å². The van der Waals surface area contributed by atoms with Crippen LogP contribution < -0.4 is 25.8 Å². The monoisotopic (exact) mass is 829 g/mol. The Hall–Kier alpha value is -4.02. The Kier molecular flexibility index (Phi) is 9.82. The molecular weight excluding hydrogens is 780 g/mol. The first-order chi connectivity index (χ1) is 26.8. The number of rotatable bonds is 12. The quantitative estimate of drug-likeness (QED) is 0.185. The highest BCUT2D eigenvalue weighted by molar-refractivity contribution is 7.14. The fraction of sp³-hybridized carbons (Fsp3) is 0.625. The number of hydrogen-bond acceptors (Lipinski definition) is 11. The van der Waals surface area contributed by atoms with Crippen molar-refractivity contribution in [3.63, 3.8) is 0 Å². The Morgan fingerprint density at radius 3 is 2.42 bits per heavy atom. The van der Waals surface area contributed by atoms with Gasteiger partial charge in [-0.1, -0.05) is 32.4 Å². The summed E-state index contributed by atoms with van der Waals surface area (Å²) in [6.45, 7) is 9.20. The Labute approximate surface area is 339 Å². The summed E-state index contributed by atoms with van der Waals surface area (Å²) in [6.07, 6.45) is 2.46. The predicted octanol–water partition coefficient (Wildman–Crippen LogP) is 6.47. The summed E-state index contributed by atoms with van der Waals surface area (Å²) in [5.74, 6) is -3.32. The van der Waals surface area contributed by atoms with Gasteiger partial charge in [0.1, 0.15) is 53.1 Å². The zero-order valence-electron chi connectivity index (χ0n) is 33.0. The second kappa shape index (κ2) is 14.1. The molecule has 13 nitrogen and oxygen atoms in total. The number of halogens is 3. The van der Waals surface area contributed by atoms with Crippen molar-refractivity contribution in [3.05, 3.63) is 28.6 Å². The number of likely N-dealkylation sites (N-methyl/N-ethyl adjacent to an activating group) is 1. The zero-order chi connectivity index (χ0) is 40.8. The Morgan fingerprint density at radius 2 is 1.79 bits per heavy atom. The van der Waals surface area contributed by atoms with Gasteiger partial charge in [-0.2, -0.15) is 0 Å². The molecule has 5 fully saturated rings. The number of pyridine rings is 1. The minimum Gasteiger partial charge on any atom is -0.490 e. The van der Waals surface area contributed by atoms with E-state index in [9.17, 15) is 23.2 Å². The molecule has 17 heteroatoms. The Balaban J connectivity index is 1.04. The topological polar surface area (TPSA) is 161 Å². The second-order valence-corrected chi connectivity index (χ2v) is 19.5. The van der Waals surface area contributed by atoms with E-state index >= 15 is 0 Å². The maximum absolute atomic E-state index is 14.3. The number of ether oxygens (including phenoxy) is 3. The first kappa shape index (κ1) is 39.8. The number of anilines is 1. The lowest BCUT2D eigenvalue weighted by Gasteiger charge is -2.35. The number of alkyl halides is 2. The number of nitrogens with zero attached hydrogens (tertiary/aromatic N) is 4. The molecule has 3 amide bonds. The van der Waals surface area contributed by atoms with Crippen molar-refractivity contribution in [3.8, 4) is 22.9 Å². The zero-order valence-corrected chi connectivity index (χ0v) is 34.6. The fourth-order valence-electron chi connectivity index (χ4n) is 9.28. The third kappa shape index (κ3) is 7.69. The molecule has 3 aliphatic carbocycles. The van der Waals surface area contributed by atoms with E-state index in [1.54, 1.807) is 30.1 Å². The molecule has 5 aliphatic rings. The molecule has 8 rings (SSSR count). The van der Waals surface area contributed by atoms with E-state index in [2.05, 4.69) is 10.6 Å². The molecule has 57 heavy (non-hydrogen) atoms. The molecule has 1 unspecified atom stereocenters. The van der Waals surface area contributed by atoms with Crippen LogP contribution in [0, 0.1) is 16.2 Å². The number of benzene rings is 1. The van der Waals surface area contributed by atoms with Crippen LogP contribution in [-0.2, 0) is 14.3 Å². The van der Waals surface area contributed by atoms with Crippen LogP contribution in [-0.4, -0.2) is 107 Å². The number of thiazole rings is 1. The number of carbonyl (C=O) groups excluding carboxylic acids is 3. The molecule has 4 heterocycles. The average Bonchev–Trinajstić information content (AvgIpc) is 3.48. The van der Waals surface area contributed by atoms with Gasteiger partial charge in [-0.3, -0.25) is 14.5 Å². The molecule has 4 N–H and O–H groups in total. The molecule has 1 aromatic carbocycles. The van der Waals surface area contributed by atoms with Gasteiger partial charge in [-0.05, 0) is 75.0 Å². The van der Waals surface area contributed by atoms with Gasteiger partial charge in [-0.15, -0.1) is 11.3 Å². The summed E-state index contributed by atoms with van der Waals surface area (Å²) in [4.78, 5) is 52.9. The van der Waals surface area contributed by atoms with Crippen molar-refractivity contribution < 1.29 is 37.4 Å². The number of hydrogen-bond donors (Lipinski definition) is 3.